The van der Waals surface area contributed by atoms with E-state index in [9.17, 15) is 19.2 Å². The normalized spacial score (nSPS) is 18.5. The lowest BCUT2D eigenvalue weighted by molar-refractivity contribution is -0.138. The zero-order valence-electron chi connectivity index (χ0n) is 18.8. The van der Waals surface area contributed by atoms with Crippen molar-refractivity contribution in [2.75, 3.05) is 18.7 Å². The molecule has 34 heavy (non-hydrogen) atoms. The van der Waals surface area contributed by atoms with Gasteiger partial charge in [0.15, 0.2) is 11.5 Å². The second kappa shape index (κ2) is 9.30. The molecule has 1 unspecified atom stereocenters. The third kappa shape index (κ3) is 4.58. The zero-order valence-corrected chi connectivity index (χ0v) is 18.8. The van der Waals surface area contributed by atoms with Gasteiger partial charge < -0.3 is 25.4 Å². The SMILES string of the molecule is CCC1(C)NC(=O)N(NC(=O)CNc2ccccc2C(=O)NCc2ccc3c(c2)OCO3)C1=O. The smallest absolute Gasteiger partial charge is 0.344 e. The minimum Gasteiger partial charge on any atom is -0.454 e. The van der Waals surface area contributed by atoms with Gasteiger partial charge in [0.25, 0.3) is 17.7 Å². The molecule has 5 amide bonds. The van der Waals surface area contributed by atoms with Gasteiger partial charge in [-0.1, -0.05) is 25.1 Å². The minimum atomic E-state index is -1.06. The highest BCUT2D eigenvalue weighted by molar-refractivity contribution is 6.08. The average molecular weight is 467 g/mol. The molecule has 1 saturated heterocycles. The Morgan fingerprint density at radius 3 is 2.65 bits per heavy atom. The maximum absolute atomic E-state index is 12.8. The summed E-state index contributed by atoms with van der Waals surface area (Å²) in [6.07, 6.45) is 0.386. The van der Waals surface area contributed by atoms with Crippen LogP contribution < -0.4 is 30.8 Å². The number of anilines is 1. The molecule has 0 spiro atoms. The molecule has 4 rings (SSSR count). The molecule has 2 heterocycles. The Morgan fingerprint density at radius 2 is 1.88 bits per heavy atom. The van der Waals surface area contributed by atoms with Gasteiger partial charge >= 0.3 is 6.03 Å². The molecular weight excluding hydrogens is 442 g/mol. The topological polar surface area (TPSA) is 138 Å². The Bertz CT molecular complexity index is 1150. The second-order valence-electron chi connectivity index (χ2n) is 8.06. The van der Waals surface area contributed by atoms with Gasteiger partial charge in [-0.15, -0.1) is 0 Å². The molecule has 11 nitrogen and oxygen atoms in total. The van der Waals surface area contributed by atoms with Gasteiger partial charge in [0.2, 0.25) is 6.79 Å². The van der Waals surface area contributed by atoms with Crippen LogP contribution in [0.2, 0.25) is 0 Å². The summed E-state index contributed by atoms with van der Waals surface area (Å²) >= 11 is 0. The number of fused-ring (bicyclic) bond motifs is 1. The number of urea groups is 1. The molecule has 0 aliphatic carbocycles. The number of nitrogens with zero attached hydrogens (tertiary/aromatic N) is 1. The van der Waals surface area contributed by atoms with Crippen LogP contribution in [0.5, 0.6) is 11.5 Å². The van der Waals surface area contributed by atoms with E-state index in [0.717, 1.165) is 5.56 Å². The van der Waals surface area contributed by atoms with Crippen LogP contribution in [0.4, 0.5) is 10.5 Å². The summed E-state index contributed by atoms with van der Waals surface area (Å²) in [5.74, 6) is -0.190. The first-order valence-electron chi connectivity index (χ1n) is 10.8. The molecule has 11 heteroatoms. The number of benzene rings is 2. The van der Waals surface area contributed by atoms with Crippen molar-refractivity contribution in [3.05, 3.63) is 53.6 Å². The molecule has 1 atom stereocenters. The molecule has 2 aliphatic heterocycles. The van der Waals surface area contributed by atoms with Crippen LogP contribution in [0.3, 0.4) is 0 Å². The Balaban J connectivity index is 1.34. The Hall–Kier alpha value is -4.28. The lowest BCUT2D eigenvalue weighted by Crippen LogP contribution is -2.50. The van der Waals surface area contributed by atoms with E-state index in [1.165, 1.54) is 0 Å². The number of hydrazine groups is 1. The molecule has 178 valence electrons. The number of para-hydroxylation sites is 1. The van der Waals surface area contributed by atoms with E-state index in [-0.39, 0.29) is 25.8 Å². The summed E-state index contributed by atoms with van der Waals surface area (Å²) in [5.41, 5.74) is 2.85. The average Bonchev–Trinajstić information content (AvgIpc) is 3.39. The first-order chi connectivity index (χ1) is 16.3. The van der Waals surface area contributed by atoms with Crippen molar-refractivity contribution in [2.45, 2.75) is 32.4 Å². The molecule has 0 aromatic heterocycles. The first kappa shape index (κ1) is 22.9. The van der Waals surface area contributed by atoms with Gasteiger partial charge in [0.1, 0.15) is 5.54 Å². The lowest BCUT2D eigenvalue weighted by Gasteiger charge is -2.19. The summed E-state index contributed by atoms with van der Waals surface area (Å²) in [7, 11) is 0. The number of hydrogen-bond acceptors (Lipinski definition) is 7. The Morgan fingerprint density at radius 1 is 1.12 bits per heavy atom. The summed E-state index contributed by atoms with van der Waals surface area (Å²) in [4.78, 5) is 49.6. The zero-order chi connectivity index (χ0) is 24.3. The molecule has 2 aromatic carbocycles. The van der Waals surface area contributed by atoms with Gasteiger partial charge in [0.05, 0.1) is 12.1 Å². The van der Waals surface area contributed by atoms with Crippen LogP contribution in [0.1, 0.15) is 36.2 Å². The molecule has 1 fully saturated rings. The van der Waals surface area contributed by atoms with Crippen molar-refractivity contribution >= 4 is 29.4 Å². The van der Waals surface area contributed by atoms with Crippen molar-refractivity contribution in [1.82, 2.24) is 21.1 Å². The number of carbonyl (C=O) groups is 4. The largest absolute Gasteiger partial charge is 0.454 e. The number of nitrogens with one attached hydrogen (secondary N) is 4. The van der Waals surface area contributed by atoms with Crippen LogP contribution in [-0.4, -0.2) is 47.6 Å². The van der Waals surface area contributed by atoms with E-state index in [1.54, 1.807) is 50.2 Å². The minimum absolute atomic E-state index is 0.173. The van der Waals surface area contributed by atoms with Crippen molar-refractivity contribution in [3.8, 4) is 11.5 Å². The summed E-state index contributed by atoms with van der Waals surface area (Å²) in [6, 6.07) is 11.4. The van der Waals surface area contributed by atoms with E-state index in [2.05, 4.69) is 21.4 Å². The monoisotopic (exact) mass is 467 g/mol. The predicted octanol–water partition coefficient (Wildman–Crippen LogP) is 1.51. The highest BCUT2D eigenvalue weighted by atomic mass is 16.7. The highest BCUT2D eigenvalue weighted by Crippen LogP contribution is 2.32. The number of hydrogen-bond donors (Lipinski definition) is 4. The van der Waals surface area contributed by atoms with Crippen molar-refractivity contribution < 1.29 is 28.7 Å². The van der Waals surface area contributed by atoms with Crippen LogP contribution in [0.15, 0.2) is 42.5 Å². The van der Waals surface area contributed by atoms with Crippen molar-refractivity contribution in [2.24, 2.45) is 0 Å². The standard InChI is InChI=1S/C23H25N5O6/c1-3-23(2)21(31)28(22(32)26-23)27-19(29)12-24-16-7-5-4-6-15(16)20(30)25-11-14-8-9-17-18(10-14)34-13-33-17/h4-10,24H,3,11-13H2,1-2H3,(H,25,30)(H,26,32)(H,27,29). The van der Waals surface area contributed by atoms with Gasteiger partial charge in [-0.3, -0.25) is 19.8 Å². The Kier molecular flexibility index (Phi) is 6.26. The fourth-order valence-electron chi connectivity index (χ4n) is 3.53. The van der Waals surface area contributed by atoms with Crippen LogP contribution in [-0.2, 0) is 16.1 Å². The van der Waals surface area contributed by atoms with Gasteiger partial charge in [-0.2, -0.15) is 5.01 Å². The maximum atomic E-state index is 12.8. The summed E-state index contributed by atoms with van der Waals surface area (Å²) in [5, 5.41) is 8.96. The lowest BCUT2D eigenvalue weighted by atomic mass is 10.00. The van der Waals surface area contributed by atoms with Gasteiger partial charge in [0, 0.05) is 12.2 Å². The van der Waals surface area contributed by atoms with Crippen molar-refractivity contribution in [1.29, 1.82) is 0 Å². The van der Waals surface area contributed by atoms with Crippen LogP contribution >= 0.6 is 0 Å². The quantitative estimate of drug-likeness (QED) is 0.432. The number of imide groups is 1. The molecular formula is C23H25N5O6. The molecule has 0 radical (unpaired) electrons. The number of rotatable bonds is 8. The predicted molar refractivity (Wildman–Crippen MR) is 121 cm³/mol. The first-order valence-corrected chi connectivity index (χ1v) is 10.8. The third-order valence-corrected chi connectivity index (χ3v) is 5.71. The molecule has 0 saturated carbocycles. The van der Waals surface area contributed by atoms with Gasteiger partial charge in [-0.25, -0.2) is 4.79 Å². The fourth-order valence-corrected chi connectivity index (χ4v) is 3.53. The Labute approximate surface area is 195 Å². The van der Waals surface area contributed by atoms with Crippen LogP contribution in [0.25, 0.3) is 0 Å². The van der Waals surface area contributed by atoms with Crippen molar-refractivity contribution in [3.63, 3.8) is 0 Å². The highest BCUT2D eigenvalue weighted by Gasteiger charge is 2.47. The summed E-state index contributed by atoms with van der Waals surface area (Å²) in [6.45, 7) is 3.54. The molecule has 0 bridgehead atoms. The molecule has 2 aromatic rings. The number of carbonyl (C=O) groups excluding carboxylic acids is 4. The molecule has 2 aliphatic rings. The van der Waals surface area contributed by atoms with E-state index in [0.29, 0.717) is 34.2 Å². The fraction of sp³-hybridized carbons (Fsp3) is 0.304. The van der Waals surface area contributed by atoms with Gasteiger partial charge in [-0.05, 0) is 43.2 Å². The summed E-state index contributed by atoms with van der Waals surface area (Å²) < 4.78 is 10.6. The molecule has 4 N–H and O–H groups in total. The maximum Gasteiger partial charge on any atom is 0.344 e. The number of ether oxygens (including phenoxy) is 2. The number of amides is 5. The third-order valence-electron chi connectivity index (χ3n) is 5.71. The second-order valence-corrected chi connectivity index (χ2v) is 8.06. The van der Waals surface area contributed by atoms with E-state index >= 15 is 0 Å². The van der Waals surface area contributed by atoms with E-state index < -0.39 is 23.4 Å². The van der Waals surface area contributed by atoms with Crippen LogP contribution in [0, 0.1) is 0 Å². The van der Waals surface area contributed by atoms with E-state index in [4.69, 9.17) is 9.47 Å². The van der Waals surface area contributed by atoms with E-state index in [1.807, 2.05) is 6.07 Å².